The lowest BCUT2D eigenvalue weighted by Gasteiger charge is -2.30. The summed E-state index contributed by atoms with van der Waals surface area (Å²) in [5, 5.41) is 9.21. The van der Waals surface area contributed by atoms with Crippen LogP contribution in [0.15, 0.2) is 0 Å². The molecule has 2 unspecified atom stereocenters. The standard InChI is InChI=1S/C13H22N2/c1-15(10-11-7-8-11)13-6-4-2-3-5-12(13)9-14/h11-13H,2-8,10H2,1H3. The highest BCUT2D eigenvalue weighted by Gasteiger charge is 2.30. The summed E-state index contributed by atoms with van der Waals surface area (Å²) >= 11 is 0. The van der Waals surface area contributed by atoms with E-state index < -0.39 is 0 Å². The van der Waals surface area contributed by atoms with Gasteiger partial charge in [-0.25, -0.2) is 0 Å². The molecule has 0 aliphatic heterocycles. The van der Waals surface area contributed by atoms with E-state index in [1.807, 2.05) is 0 Å². The highest BCUT2D eigenvalue weighted by Crippen LogP contribution is 2.32. The van der Waals surface area contributed by atoms with Crippen LogP contribution in [0.3, 0.4) is 0 Å². The summed E-state index contributed by atoms with van der Waals surface area (Å²) in [7, 11) is 2.22. The van der Waals surface area contributed by atoms with Crippen LogP contribution in [0.2, 0.25) is 0 Å². The molecule has 2 atom stereocenters. The first-order valence-corrected chi connectivity index (χ1v) is 6.41. The third-order valence-electron chi connectivity index (χ3n) is 3.95. The van der Waals surface area contributed by atoms with Gasteiger partial charge in [0.2, 0.25) is 0 Å². The Morgan fingerprint density at radius 2 is 1.87 bits per heavy atom. The molecule has 2 fully saturated rings. The lowest BCUT2D eigenvalue weighted by molar-refractivity contribution is 0.184. The third-order valence-corrected chi connectivity index (χ3v) is 3.95. The van der Waals surface area contributed by atoms with Crippen molar-refractivity contribution < 1.29 is 0 Å². The first-order valence-electron chi connectivity index (χ1n) is 6.41. The Bertz CT molecular complexity index is 239. The SMILES string of the molecule is CN(CC1CC1)C1CCCCCC1C#N. The summed E-state index contributed by atoms with van der Waals surface area (Å²) in [5.74, 6) is 1.23. The predicted molar refractivity (Wildman–Crippen MR) is 61.3 cm³/mol. The Morgan fingerprint density at radius 1 is 1.13 bits per heavy atom. The molecule has 0 radical (unpaired) electrons. The van der Waals surface area contributed by atoms with Crippen LogP contribution in [0.25, 0.3) is 0 Å². The van der Waals surface area contributed by atoms with E-state index in [0.717, 1.165) is 12.3 Å². The Morgan fingerprint density at radius 3 is 2.53 bits per heavy atom. The van der Waals surface area contributed by atoms with Crippen molar-refractivity contribution in [2.24, 2.45) is 11.8 Å². The molecule has 0 saturated heterocycles. The molecule has 2 aliphatic rings. The molecular weight excluding hydrogens is 184 g/mol. The summed E-state index contributed by atoms with van der Waals surface area (Å²) < 4.78 is 0. The van der Waals surface area contributed by atoms with Crippen molar-refractivity contribution in [1.29, 1.82) is 5.26 Å². The Balaban J connectivity index is 1.92. The minimum atomic E-state index is 0.288. The second-order valence-corrected chi connectivity index (χ2v) is 5.32. The fourth-order valence-electron chi connectivity index (χ4n) is 2.81. The highest BCUT2D eigenvalue weighted by molar-refractivity contribution is 4.95. The van der Waals surface area contributed by atoms with Crippen LogP contribution in [0.4, 0.5) is 0 Å². The fourth-order valence-corrected chi connectivity index (χ4v) is 2.81. The largest absolute Gasteiger partial charge is 0.302 e. The predicted octanol–water partition coefficient (Wildman–Crippen LogP) is 2.80. The topological polar surface area (TPSA) is 27.0 Å². The van der Waals surface area contributed by atoms with E-state index in [2.05, 4.69) is 18.0 Å². The second-order valence-electron chi connectivity index (χ2n) is 5.32. The second kappa shape index (κ2) is 4.99. The number of rotatable bonds is 3. The van der Waals surface area contributed by atoms with Crippen LogP contribution in [0.1, 0.15) is 44.9 Å². The van der Waals surface area contributed by atoms with Gasteiger partial charge in [-0.3, -0.25) is 0 Å². The maximum absolute atomic E-state index is 9.21. The molecule has 0 aromatic heterocycles. The molecule has 0 bridgehead atoms. The number of hydrogen-bond acceptors (Lipinski definition) is 2. The first kappa shape index (κ1) is 11.0. The highest BCUT2D eigenvalue weighted by atomic mass is 15.1. The Kier molecular flexibility index (Phi) is 3.64. The molecule has 2 rings (SSSR count). The van der Waals surface area contributed by atoms with Crippen molar-refractivity contribution in [2.45, 2.75) is 51.0 Å². The van der Waals surface area contributed by atoms with Gasteiger partial charge in [0.15, 0.2) is 0 Å². The van der Waals surface area contributed by atoms with E-state index in [1.165, 1.54) is 45.1 Å². The van der Waals surface area contributed by atoms with Gasteiger partial charge >= 0.3 is 0 Å². The Hall–Kier alpha value is -0.550. The van der Waals surface area contributed by atoms with Crippen LogP contribution in [0.5, 0.6) is 0 Å². The molecule has 2 nitrogen and oxygen atoms in total. The summed E-state index contributed by atoms with van der Waals surface area (Å²) in [6.45, 7) is 1.23. The molecule has 0 spiro atoms. The zero-order valence-corrected chi connectivity index (χ0v) is 9.78. The summed E-state index contributed by atoms with van der Waals surface area (Å²) in [5.41, 5.74) is 0. The van der Waals surface area contributed by atoms with Crippen molar-refractivity contribution in [2.75, 3.05) is 13.6 Å². The normalized spacial score (nSPS) is 32.3. The number of nitrogens with zero attached hydrogens (tertiary/aromatic N) is 2. The Labute approximate surface area is 93.3 Å². The van der Waals surface area contributed by atoms with Gasteiger partial charge in [-0.2, -0.15) is 5.26 Å². The van der Waals surface area contributed by atoms with E-state index in [0.29, 0.717) is 6.04 Å². The van der Waals surface area contributed by atoms with E-state index in [9.17, 15) is 5.26 Å². The monoisotopic (exact) mass is 206 g/mol. The molecule has 2 saturated carbocycles. The molecular formula is C13H22N2. The van der Waals surface area contributed by atoms with Gasteiger partial charge in [-0.1, -0.05) is 19.3 Å². The maximum atomic E-state index is 9.21. The molecule has 0 heterocycles. The average Bonchev–Trinajstić information content (AvgIpc) is 3.02. The minimum absolute atomic E-state index is 0.288. The zero-order valence-electron chi connectivity index (χ0n) is 9.78. The van der Waals surface area contributed by atoms with Gasteiger partial charge in [-0.15, -0.1) is 0 Å². The lowest BCUT2D eigenvalue weighted by atomic mass is 9.95. The molecule has 0 aromatic rings. The van der Waals surface area contributed by atoms with Crippen LogP contribution >= 0.6 is 0 Å². The van der Waals surface area contributed by atoms with Crippen LogP contribution < -0.4 is 0 Å². The average molecular weight is 206 g/mol. The molecule has 2 aliphatic carbocycles. The van der Waals surface area contributed by atoms with Crippen molar-refractivity contribution >= 4 is 0 Å². The summed E-state index contributed by atoms with van der Waals surface area (Å²) in [6, 6.07) is 3.07. The van der Waals surface area contributed by atoms with Gasteiger partial charge in [0.1, 0.15) is 0 Å². The molecule has 0 aromatic carbocycles. The van der Waals surface area contributed by atoms with E-state index in [4.69, 9.17) is 0 Å². The molecule has 0 amide bonds. The van der Waals surface area contributed by atoms with E-state index in [-0.39, 0.29) is 5.92 Å². The van der Waals surface area contributed by atoms with Gasteiger partial charge in [0.25, 0.3) is 0 Å². The molecule has 2 heteroatoms. The van der Waals surface area contributed by atoms with Crippen LogP contribution in [0, 0.1) is 23.2 Å². The van der Waals surface area contributed by atoms with Crippen molar-refractivity contribution in [3.05, 3.63) is 0 Å². The van der Waals surface area contributed by atoms with E-state index >= 15 is 0 Å². The van der Waals surface area contributed by atoms with E-state index in [1.54, 1.807) is 0 Å². The van der Waals surface area contributed by atoms with Crippen molar-refractivity contribution in [3.8, 4) is 6.07 Å². The van der Waals surface area contributed by atoms with Crippen molar-refractivity contribution in [1.82, 2.24) is 4.90 Å². The molecule has 0 N–H and O–H groups in total. The summed E-state index contributed by atoms with van der Waals surface area (Å²) in [4.78, 5) is 2.47. The van der Waals surface area contributed by atoms with Crippen molar-refractivity contribution in [3.63, 3.8) is 0 Å². The zero-order chi connectivity index (χ0) is 10.7. The quantitative estimate of drug-likeness (QED) is 0.664. The van der Waals surface area contributed by atoms with Gasteiger partial charge in [0, 0.05) is 12.6 Å². The number of nitriles is 1. The minimum Gasteiger partial charge on any atom is -0.302 e. The summed E-state index contributed by atoms with van der Waals surface area (Å²) in [6.07, 6.45) is 9.08. The molecule has 15 heavy (non-hydrogen) atoms. The first-order chi connectivity index (χ1) is 7.31. The van der Waals surface area contributed by atoms with Crippen LogP contribution in [-0.4, -0.2) is 24.5 Å². The third kappa shape index (κ3) is 2.95. The fraction of sp³-hybridized carbons (Fsp3) is 0.923. The lowest BCUT2D eigenvalue weighted by Crippen LogP contribution is -2.38. The van der Waals surface area contributed by atoms with Gasteiger partial charge in [-0.05, 0) is 38.6 Å². The maximum Gasteiger partial charge on any atom is 0.0672 e. The van der Waals surface area contributed by atoms with Gasteiger partial charge < -0.3 is 4.90 Å². The molecule has 84 valence electrons. The number of hydrogen-bond donors (Lipinski definition) is 0. The van der Waals surface area contributed by atoms with Crippen LogP contribution in [-0.2, 0) is 0 Å². The smallest absolute Gasteiger partial charge is 0.0672 e. The van der Waals surface area contributed by atoms with Gasteiger partial charge in [0.05, 0.1) is 12.0 Å².